The van der Waals surface area contributed by atoms with Crippen molar-refractivity contribution in [2.45, 2.75) is 25.9 Å². The summed E-state index contributed by atoms with van der Waals surface area (Å²) in [4.78, 5) is 0. The van der Waals surface area contributed by atoms with Gasteiger partial charge in [0.1, 0.15) is 0 Å². The van der Waals surface area contributed by atoms with Crippen molar-refractivity contribution >= 4 is 0 Å². The third kappa shape index (κ3) is 3.60. The molecule has 1 aromatic rings. The van der Waals surface area contributed by atoms with Crippen molar-refractivity contribution in [2.24, 2.45) is 5.92 Å². The molecule has 1 aliphatic carbocycles. The molecule has 0 saturated heterocycles. The molecule has 5 heteroatoms. The first-order valence-electron chi connectivity index (χ1n) is 5.50. The van der Waals surface area contributed by atoms with Gasteiger partial charge < -0.3 is 10.1 Å². The lowest BCUT2D eigenvalue weighted by Crippen LogP contribution is -2.08. The van der Waals surface area contributed by atoms with Gasteiger partial charge in [0.05, 0.1) is 18.8 Å². The average molecular weight is 210 g/mol. The highest BCUT2D eigenvalue weighted by Gasteiger charge is 2.20. The van der Waals surface area contributed by atoms with Crippen LogP contribution in [0.2, 0.25) is 0 Å². The number of ether oxygens (including phenoxy) is 1. The molecule has 0 spiro atoms. The third-order valence-corrected chi connectivity index (χ3v) is 2.46. The summed E-state index contributed by atoms with van der Waals surface area (Å²) in [6, 6.07) is 0. The van der Waals surface area contributed by atoms with Crippen LogP contribution in [0, 0.1) is 5.92 Å². The third-order valence-electron chi connectivity index (χ3n) is 2.46. The number of nitrogens with zero attached hydrogens (tertiary/aromatic N) is 3. The normalized spacial score (nSPS) is 15.8. The van der Waals surface area contributed by atoms with Crippen molar-refractivity contribution in [2.75, 3.05) is 20.3 Å². The molecule has 1 saturated carbocycles. The topological polar surface area (TPSA) is 52.0 Å². The Balaban J connectivity index is 1.63. The molecule has 1 N–H and O–H groups in total. The highest BCUT2D eigenvalue weighted by Crippen LogP contribution is 2.28. The van der Waals surface area contributed by atoms with Gasteiger partial charge in [-0.1, -0.05) is 5.21 Å². The van der Waals surface area contributed by atoms with E-state index in [2.05, 4.69) is 15.6 Å². The van der Waals surface area contributed by atoms with Crippen LogP contribution < -0.4 is 5.32 Å². The minimum Gasteiger partial charge on any atom is -0.379 e. The van der Waals surface area contributed by atoms with Gasteiger partial charge in [0.15, 0.2) is 0 Å². The summed E-state index contributed by atoms with van der Waals surface area (Å²) in [5.41, 5.74) is 0.972. The average Bonchev–Trinajstić information content (AvgIpc) is 2.95. The predicted molar refractivity (Wildman–Crippen MR) is 56.3 cm³/mol. The summed E-state index contributed by atoms with van der Waals surface area (Å²) >= 11 is 0. The summed E-state index contributed by atoms with van der Waals surface area (Å²) in [7, 11) is 1.90. The van der Waals surface area contributed by atoms with Crippen LogP contribution in [-0.2, 0) is 17.8 Å². The zero-order valence-electron chi connectivity index (χ0n) is 9.15. The van der Waals surface area contributed by atoms with E-state index < -0.39 is 0 Å². The second kappa shape index (κ2) is 5.23. The monoisotopic (exact) mass is 210 g/mol. The minimum atomic E-state index is 0.735. The molecular weight excluding hydrogens is 192 g/mol. The van der Waals surface area contributed by atoms with Gasteiger partial charge in [-0.05, 0) is 25.8 Å². The van der Waals surface area contributed by atoms with Gasteiger partial charge in [-0.3, -0.25) is 0 Å². The molecule has 2 rings (SSSR count). The Kier molecular flexibility index (Phi) is 3.69. The van der Waals surface area contributed by atoms with E-state index in [0.717, 1.165) is 37.9 Å². The summed E-state index contributed by atoms with van der Waals surface area (Å²) in [6.07, 6.45) is 4.64. The number of hydrogen-bond donors (Lipinski definition) is 1. The van der Waals surface area contributed by atoms with Crippen LogP contribution in [0.5, 0.6) is 0 Å². The van der Waals surface area contributed by atoms with Crippen molar-refractivity contribution in [3.63, 3.8) is 0 Å². The lowest BCUT2D eigenvalue weighted by atomic mass is 10.5. The van der Waals surface area contributed by atoms with E-state index in [1.54, 1.807) is 0 Å². The molecule has 0 unspecified atom stereocenters. The van der Waals surface area contributed by atoms with Crippen molar-refractivity contribution in [1.82, 2.24) is 20.3 Å². The Hall–Kier alpha value is -0.940. The predicted octanol–water partition coefficient (Wildman–Crippen LogP) is 0.424. The number of aromatic nitrogens is 3. The molecule has 15 heavy (non-hydrogen) atoms. The van der Waals surface area contributed by atoms with Gasteiger partial charge in [-0.15, -0.1) is 5.10 Å². The fraction of sp³-hybridized carbons (Fsp3) is 0.800. The maximum Gasteiger partial charge on any atom is 0.0964 e. The van der Waals surface area contributed by atoms with Crippen LogP contribution >= 0.6 is 0 Å². The Bertz CT molecular complexity index is 295. The van der Waals surface area contributed by atoms with Crippen LogP contribution in [0.1, 0.15) is 18.5 Å². The van der Waals surface area contributed by atoms with Crippen LogP contribution in [0.25, 0.3) is 0 Å². The molecule has 1 heterocycles. The van der Waals surface area contributed by atoms with Crippen molar-refractivity contribution in [1.29, 1.82) is 0 Å². The molecule has 5 nitrogen and oxygen atoms in total. The molecule has 0 radical (unpaired) electrons. The molecule has 84 valence electrons. The molecule has 1 aliphatic rings. The van der Waals surface area contributed by atoms with Crippen molar-refractivity contribution < 1.29 is 4.74 Å². The van der Waals surface area contributed by atoms with E-state index in [4.69, 9.17) is 4.74 Å². The van der Waals surface area contributed by atoms with Crippen molar-refractivity contribution in [3.8, 4) is 0 Å². The number of nitrogens with one attached hydrogen (secondary N) is 1. The van der Waals surface area contributed by atoms with Crippen LogP contribution in [0.4, 0.5) is 0 Å². The fourth-order valence-corrected chi connectivity index (χ4v) is 1.40. The molecular formula is C10H18N4O. The molecule has 1 aromatic heterocycles. The quantitative estimate of drug-likeness (QED) is 0.663. The van der Waals surface area contributed by atoms with Gasteiger partial charge in [-0.25, -0.2) is 4.68 Å². The highest BCUT2D eigenvalue weighted by atomic mass is 16.5. The summed E-state index contributed by atoms with van der Waals surface area (Å²) < 4.78 is 7.36. The molecule has 1 fully saturated rings. The van der Waals surface area contributed by atoms with E-state index in [1.165, 1.54) is 12.8 Å². The van der Waals surface area contributed by atoms with Crippen LogP contribution in [-0.4, -0.2) is 35.3 Å². The maximum absolute atomic E-state index is 5.53. The summed E-state index contributed by atoms with van der Waals surface area (Å²) in [5, 5.41) is 11.1. The number of hydrogen-bond acceptors (Lipinski definition) is 4. The molecule has 0 aromatic carbocycles. The largest absolute Gasteiger partial charge is 0.379 e. The zero-order chi connectivity index (χ0) is 10.5. The second-order valence-corrected chi connectivity index (χ2v) is 4.02. The van der Waals surface area contributed by atoms with Gasteiger partial charge in [0, 0.05) is 19.3 Å². The lowest BCUT2D eigenvalue weighted by molar-refractivity contribution is 0.114. The summed E-state index contributed by atoms with van der Waals surface area (Å²) in [6.45, 7) is 3.21. The SMILES string of the molecule is CNCc1cn(CCOCC2CC2)nn1. The Morgan fingerprint density at radius 3 is 3.20 bits per heavy atom. The second-order valence-electron chi connectivity index (χ2n) is 4.02. The van der Waals surface area contributed by atoms with E-state index in [1.807, 2.05) is 17.9 Å². The Morgan fingerprint density at radius 2 is 2.47 bits per heavy atom. The minimum absolute atomic E-state index is 0.735. The van der Waals surface area contributed by atoms with E-state index in [-0.39, 0.29) is 0 Å². The first kappa shape index (κ1) is 10.6. The molecule has 0 amide bonds. The van der Waals surface area contributed by atoms with Crippen LogP contribution in [0.3, 0.4) is 0 Å². The fourth-order valence-electron chi connectivity index (χ4n) is 1.40. The van der Waals surface area contributed by atoms with Crippen LogP contribution in [0.15, 0.2) is 6.20 Å². The van der Waals surface area contributed by atoms with Gasteiger partial charge in [0.25, 0.3) is 0 Å². The van der Waals surface area contributed by atoms with Gasteiger partial charge in [-0.2, -0.15) is 0 Å². The van der Waals surface area contributed by atoms with E-state index in [9.17, 15) is 0 Å². The Morgan fingerprint density at radius 1 is 1.60 bits per heavy atom. The summed E-state index contributed by atoms with van der Waals surface area (Å²) in [5.74, 6) is 0.834. The van der Waals surface area contributed by atoms with Gasteiger partial charge in [0.2, 0.25) is 0 Å². The maximum atomic E-state index is 5.53. The van der Waals surface area contributed by atoms with Gasteiger partial charge >= 0.3 is 0 Å². The molecule has 0 atom stereocenters. The van der Waals surface area contributed by atoms with Crippen molar-refractivity contribution in [3.05, 3.63) is 11.9 Å². The first-order valence-corrected chi connectivity index (χ1v) is 5.50. The zero-order valence-corrected chi connectivity index (χ0v) is 9.15. The standard InChI is InChI=1S/C10H18N4O/c1-11-6-10-7-14(13-12-10)4-5-15-8-9-2-3-9/h7,9,11H,2-6,8H2,1H3. The number of rotatable bonds is 7. The van der Waals surface area contributed by atoms with E-state index >= 15 is 0 Å². The van der Waals surface area contributed by atoms with E-state index in [0.29, 0.717) is 0 Å². The lowest BCUT2D eigenvalue weighted by Gasteiger charge is -2.01. The molecule has 0 bridgehead atoms. The molecule has 0 aliphatic heterocycles. The Labute approximate surface area is 89.8 Å². The first-order chi connectivity index (χ1) is 7.38. The highest BCUT2D eigenvalue weighted by molar-refractivity contribution is 4.90. The smallest absolute Gasteiger partial charge is 0.0964 e.